The number of fused-ring (bicyclic) bond motifs is 1. The van der Waals surface area contributed by atoms with Crippen LogP contribution in [0.25, 0.3) is 0 Å². The number of phenolic OH excluding ortho intramolecular Hbond substituents is 1. The van der Waals surface area contributed by atoms with Gasteiger partial charge in [0.1, 0.15) is 17.2 Å². The van der Waals surface area contributed by atoms with Crippen molar-refractivity contribution < 1.29 is 19.4 Å². The van der Waals surface area contributed by atoms with Crippen LogP contribution < -0.4 is 9.47 Å². The molecule has 4 heteroatoms. The lowest BCUT2D eigenvalue weighted by Gasteiger charge is -2.19. The predicted octanol–water partition coefficient (Wildman–Crippen LogP) is 4.56. The quantitative estimate of drug-likeness (QED) is 0.832. The van der Waals surface area contributed by atoms with Crippen molar-refractivity contribution in [2.75, 3.05) is 13.7 Å². The lowest BCUT2D eigenvalue weighted by Crippen LogP contribution is -2.15. The Labute approximate surface area is 148 Å². The fourth-order valence-electron chi connectivity index (χ4n) is 2.42. The van der Waals surface area contributed by atoms with Gasteiger partial charge in [0, 0.05) is 12.5 Å². The molecule has 4 nitrogen and oxygen atoms in total. The molecule has 25 heavy (non-hydrogen) atoms. The van der Waals surface area contributed by atoms with E-state index in [4.69, 9.17) is 14.6 Å². The maximum absolute atomic E-state index is 11.8. The summed E-state index contributed by atoms with van der Waals surface area (Å²) >= 11 is 0. The summed E-state index contributed by atoms with van der Waals surface area (Å²) in [5.74, 6) is 1.89. The number of rotatable bonds is 3. The third-order valence-electron chi connectivity index (χ3n) is 3.76. The Morgan fingerprint density at radius 3 is 2.52 bits per heavy atom. The summed E-state index contributed by atoms with van der Waals surface area (Å²) in [4.78, 5) is 11.8. The van der Waals surface area contributed by atoms with E-state index in [-0.39, 0.29) is 5.78 Å². The van der Waals surface area contributed by atoms with Crippen molar-refractivity contribution in [3.8, 4) is 17.2 Å². The Bertz CT molecular complexity index is 744. The standard InChI is InChI=1S/C15H18O3.C6H6O/c1-10(2)4-5-11-8-12-13(16)6-7-18-15(12)9-14(11)17-3;7-6-4-2-1-3-5-6/h4,8-9H,5-7H2,1-3H3;1-5,7H. The third-order valence-corrected chi connectivity index (χ3v) is 3.76. The lowest BCUT2D eigenvalue weighted by atomic mass is 9.99. The Morgan fingerprint density at radius 2 is 1.96 bits per heavy atom. The van der Waals surface area contributed by atoms with E-state index in [1.165, 1.54) is 5.57 Å². The number of carbonyl (C=O) groups is 1. The van der Waals surface area contributed by atoms with Gasteiger partial charge in [0.15, 0.2) is 5.78 Å². The van der Waals surface area contributed by atoms with Gasteiger partial charge in [-0.25, -0.2) is 0 Å². The molecule has 0 atom stereocenters. The topological polar surface area (TPSA) is 55.8 Å². The maximum Gasteiger partial charge on any atom is 0.170 e. The lowest BCUT2D eigenvalue weighted by molar-refractivity contribution is 0.0933. The number of carbonyl (C=O) groups excluding carboxylic acids is 1. The van der Waals surface area contributed by atoms with Gasteiger partial charge in [-0.2, -0.15) is 0 Å². The molecule has 0 saturated heterocycles. The van der Waals surface area contributed by atoms with Crippen LogP contribution in [-0.2, 0) is 6.42 Å². The zero-order valence-electron chi connectivity index (χ0n) is 14.9. The summed E-state index contributed by atoms with van der Waals surface area (Å²) in [5, 5.41) is 8.63. The first-order chi connectivity index (χ1) is 12.0. The van der Waals surface area contributed by atoms with Crippen molar-refractivity contribution in [2.24, 2.45) is 0 Å². The van der Waals surface area contributed by atoms with Crippen LogP contribution in [0.15, 0.2) is 54.1 Å². The van der Waals surface area contributed by atoms with Gasteiger partial charge in [-0.1, -0.05) is 29.8 Å². The minimum Gasteiger partial charge on any atom is -0.508 e. The largest absolute Gasteiger partial charge is 0.508 e. The van der Waals surface area contributed by atoms with E-state index in [0.29, 0.717) is 30.1 Å². The number of hydrogen-bond acceptors (Lipinski definition) is 4. The van der Waals surface area contributed by atoms with Crippen molar-refractivity contribution in [2.45, 2.75) is 26.7 Å². The van der Waals surface area contributed by atoms with Gasteiger partial charge in [-0.15, -0.1) is 0 Å². The first-order valence-electron chi connectivity index (χ1n) is 8.25. The fraction of sp³-hybridized carbons (Fsp3) is 0.286. The number of phenols is 1. The summed E-state index contributed by atoms with van der Waals surface area (Å²) in [6.45, 7) is 4.57. The SMILES string of the molecule is COc1cc2c(cc1CC=C(C)C)C(=O)CCO2.Oc1ccccc1. The van der Waals surface area contributed by atoms with Gasteiger partial charge in [0.2, 0.25) is 0 Å². The highest BCUT2D eigenvalue weighted by Gasteiger charge is 2.20. The Morgan fingerprint density at radius 1 is 1.24 bits per heavy atom. The van der Waals surface area contributed by atoms with Crippen LogP contribution >= 0.6 is 0 Å². The van der Waals surface area contributed by atoms with Crippen LogP contribution in [0.3, 0.4) is 0 Å². The summed E-state index contributed by atoms with van der Waals surface area (Å²) in [7, 11) is 1.64. The maximum atomic E-state index is 11.8. The number of Topliss-reactive ketones (excluding diaryl/α,β-unsaturated/α-hetero) is 1. The van der Waals surface area contributed by atoms with Crippen LogP contribution in [0.2, 0.25) is 0 Å². The average molecular weight is 340 g/mol. The number of ketones is 1. The molecule has 0 aliphatic carbocycles. The van der Waals surface area contributed by atoms with Crippen LogP contribution in [0, 0.1) is 0 Å². The smallest absolute Gasteiger partial charge is 0.170 e. The van der Waals surface area contributed by atoms with Gasteiger partial charge in [0.05, 0.1) is 19.3 Å². The van der Waals surface area contributed by atoms with E-state index in [2.05, 4.69) is 19.9 Å². The summed E-state index contributed by atoms with van der Waals surface area (Å²) in [6, 6.07) is 12.4. The van der Waals surface area contributed by atoms with Crippen LogP contribution in [0.4, 0.5) is 0 Å². The summed E-state index contributed by atoms with van der Waals surface area (Å²) < 4.78 is 10.9. The second kappa shape index (κ2) is 8.92. The molecule has 2 aromatic rings. The highest BCUT2D eigenvalue weighted by molar-refractivity contribution is 6.00. The van der Waals surface area contributed by atoms with E-state index in [9.17, 15) is 4.79 Å². The number of benzene rings is 2. The Kier molecular flexibility index (Phi) is 6.63. The molecule has 2 aromatic carbocycles. The van der Waals surface area contributed by atoms with Gasteiger partial charge in [-0.3, -0.25) is 4.79 Å². The molecular weight excluding hydrogens is 316 g/mol. The molecular formula is C21H24O4. The Balaban J connectivity index is 0.000000269. The van der Waals surface area contributed by atoms with Crippen molar-refractivity contribution in [1.82, 2.24) is 0 Å². The molecule has 0 spiro atoms. The number of ether oxygens (including phenoxy) is 2. The van der Waals surface area contributed by atoms with Crippen molar-refractivity contribution in [1.29, 1.82) is 0 Å². The van der Waals surface area contributed by atoms with Crippen LogP contribution in [0.1, 0.15) is 36.2 Å². The van der Waals surface area contributed by atoms with Gasteiger partial charge in [0.25, 0.3) is 0 Å². The molecule has 0 radical (unpaired) electrons. The van der Waals surface area contributed by atoms with Gasteiger partial charge < -0.3 is 14.6 Å². The monoisotopic (exact) mass is 340 g/mol. The molecule has 1 N–H and O–H groups in total. The molecule has 0 aromatic heterocycles. The molecule has 3 rings (SSSR count). The minimum absolute atomic E-state index is 0.150. The second-order valence-electron chi connectivity index (χ2n) is 6.00. The van der Waals surface area contributed by atoms with Gasteiger partial charge in [-0.05, 0) is 44.0 Å². The highest BCUT2D eigenvalue weighted by atomic mass is 16.5. The van der Waals surface area contributed by atoms with Gasteiger partial charge >= 0.3 is 0 Å². The van der Waals surface area contributed by atoms with Crippen molar-refractivity contribution >= 4 is 5.78 Å². The van der Waals surface area contributed by atoms with Crippen LogP contribution in [-0.4, -0.2) is 24.6 Å². The normalized spacial score (nSPS) is 12.2. The number of para-hydroxylation sites is 1. The van der Waals surface area contributed by atoms with Crippen LogP contribution in [0.5, 0.6) is 17.2 Å². The second-order valence-corrected chi connectivity index (χ2v) is 6.00. The predicted molar refractivity (Wildman–Crippen MR) is 98.7 cm³/mol. The van der Waals surface area contributed by atoms with E-state index >= 15 is 0 Å². The molecule has 1 heterocycles. The third kappa shape index (κ3) is 5.38. The minimum atomic E-state index is 0.150. The first-order valence-corrected chi connectivity index (χ1v) is 8.25. The molecule has 1 aliphatic heterocycles. The molecule has 0 unspecified atom stereocenters. The number of allylic oxidation sites excluding steroid dienone is 2. The Hall–Kier alpha value is -2.75. The van der Waals surface area contributed by atoms with Crippen molar-refractivity contribution in [3.05, 3.63) is 65.2 Å². The van der Waals surface area contributed by atoms with E-state index < -0.39 is 0 Å². The summed E-state index contributed by atoms with van der Waals surface area (Å²) in [5.41, 5.74) is 2.95. The van der Waals surface area contributed by atoms with E-state index in [0.717, 1.165) is 17.7 Å². The average Bonchev–Trinajstić information content (AvgIpc) is 2.61. The molecule has 132 valence electrons. The fourth-order valence-corrected chi connectivity index (χ4v) is 2.42. The molecule has 0 fully saturated rings. The van der Waals surface area contributed by atoms with Crippen molar-refractivity contribution in [3.63, 3.8) is 0 Å². The summed E-state index contributed by atoms with van der Waals surface area (Å²) in [6.07, 6.45) is 3.35. The molecule has 0 amide bonds. The number of hydrogen-bond donors (Lipinski definition) is 1. The highest BCUT2D eigenvalue weighted by Crippen LogP contribution is 2.33. The molecule has 1 aliphatic rings. The first kappa shape index (κ1) is 18.6. The van der Waals surface area contributed by atoms with E-state index in [1.54, 1.807) is 31.4 Å². The van der Waals surface area contributed by atoms with E-state index in [1.807, 2.05) is 18.2 Å². The molecule has 0 saturated carbocycles. The number of aromatic hydroxyl groups is 1. The number of methoxy groups -OCH3 is 1. The zero-order valence-corrected chi connectivity index (χ0v) is 14.9. The zero-order chi connectivity index (χ0) is 18.2. The molecule has 0 bridgehead atoms.